The molecular weight excluding hydrogens is 278 g/mol. The molecule has 1 aromatic carbocycles. The standard InChI is InChI=1S/C14H22ClN3S/c1-4-16-14(17-9-10-19-3)18(2)11-12-7-5-6-8-13(12)15/h5-8H,4,9-11H2,1-3H3,(H,16,17). The number of guanidine groups is 1. The largest absolute Gasteiger partial charge is 0.357 e. The van der Waals surface area contributed by atoms with Crippen molar-refractivity contribution in [1.82, 2.24) is 10.2 Å². The number of aliphatic imine (C=N–C) groups is 1. The number of halogens is 1. The van der Waals surface area contributed by atoms with Crippen molar-refractivity contribution in [1.29, 1.82) is 0 Å². The van der Waals surface area contributed by atoms with Gasteiger partial charge in [-0.3, -0.25) is 4.99 Å². The number of thioether (sulfide) groups is 1. The van der Waals surface area contributed by atoms with Crippen LogP contribution in [0.3, 0.4) is 0 Å². The summed E-state index contributed by atoms with van der Waals surface area (Å²) >= 11 is 7.99. The maximum atomic E-state index is 6.19. The second-order valence-corrected chi connectivity index (χ2v) is 5.57. The molecule has 0 heterocycles. The smallest absolute Gasteiger partial charge is 0.193 e. The van der Waals surface area contributed by atoms with Crippen LogP contribution in [0.15, 0.2) is 29.3 Å². The van der Waals surface area contributed by atoms with Crippen molar-refractivity contribution in [3.05, 3.63) is 34.9 Å². The van der Waals surface area contributed by atoms with Crippen molar-refractivity contribution in [2.24, 2.45) is 4.99 Å². The van der Waals surface area contributed by atoms with E-state index < -0.39 is 0 Å². The van der Waals surface area contributed by atoms with Gasteiger partial charge in [0.25, 0.3) is 0 Å². The van der Waals surface area contributed by atoms with E-state index in [0.717, 1.165) is 41.9 Å². The highest BCUT2D eigenvalue weighted by atomic mass is 35.5. The van der Waals surface area contributed by atoms with E-state index in [-0.39, 0.29) is 0 Å². The fourth-order valence-electron chi connectivity index (χ4n) is 1.67. The van der Waals surface area contributed by atoms with Gasteiger partial charge in [0.1, 0.15) is 0 Å². The summed E-state index contributed by atoms with van der Waals surface area (Å²) in [6.45, 7) is 4.53. The number of hydrogen-bond donors (Lipinski definition) is 1. The number of hydrogen-bond acceptors (Lipinski definition) is 2. The van der Waals surface area contributed by atoms with Gasteiger partial charge in [0.2, 0.25) is 0 Å². The molecule has 1 rings (SSSR count). The van der Waals surface area contributed by atoms with Crippen molar-refractivity contribution in [2.45, 2.75) is 13.5 Å². The molecule has 1 aromatic rings. The zero-order chi connectivity index (χ0) is 14.1. The van der Waals surface area contributed by atoms with Gasteiger partial charge in [-0.1, -0.05) is 29.8 Å². The van der Waals surface area contributed by atoms with Gasteiger partial charge in [0.15, 0.2) is 5.96 Å². The summed E-state index contributed by atoms with van der Waals surface area (Å²) in [5.41, 5.74) is 1.11. The minimum atomic E-state index is 0.755. The number of nitrogens with zero attached hydrogens (tertiary/aromatic N) is 2. The molecule has 0 radical (unpaired) electrons. The lowest BCUT2D eigenvalue weighted by atomic mass is 10.2. The second kappa shape index (κ2) is 9.10. The highest BCUT2D eigenvalue weighted by Gasteiger charge is 2.08. The molecule has 0 amide bonds. The predicted octanol–water partition coefficient (Wildman–Crippen LogP) is 3.10. The maximum Gasteiger partial charge on any atom is 0.193 e. The lowest BCUT2D eigenvalue weighted by Gasteiger charge is -2.22. The van der Waals surface area contributed by atoms with Gasteiger partial charge < -0.3 is 10.2 Å². The van der Waals surface area contributed by atoms with E-state index in [4.69, 9.17) is 11.6 Å². The van der Waals surface area contributed by atoms with E-state index in [1.54, 1.807) is 11.8 Å². The topological polar surface area (TPSA) is 27.6 Å². The normalized spacial score (nSPS) is 11.5. The Kier molecular flexibility index (Phi) is 7.75. The van der Waals surface area contributed by atoms with Crippen LogP contribution in [0.5, 0.6) is 0 Å². The monoisotopic (exact) mass is 299 g/mol. The first kappa shape index (κ1) is 16.2. The van der Waals surface area contributed by atoms with Crippen LogP contribution < -0.4 is 5.32 Å². The van der Waals surface area contributed by atoms with Gasteiger partial charge in [-0.25, -0.2) is 0 Å². The Morgan fingerprint density at radius 3 is 2.79 bits per heavy atom. The molecule has 0 spiro atoms. The molecule has 0 saturated carbocycles. The average molecular weight is 300 g/mol. The van der Waals surface area contributed by atoms with Crippen molar-refractivity contribution in [3.8, 4) is 0 Å². The molecule has 0 aliphatic rings. The number of rotatable bonds is 6. The Morgan fingerprint density at radius 2 is 2.16 bits per heavy atom. The van der Waals surface area contributed by atoms with Crippen LogP contribution in [0, 0.1) is 0 Å². The highest BCUT2D eigenvalue weighted by molar-refractivity contribution is 7.98. The molecule has 0 atom stereocenters. The van der Waals surface area contributed by atoms with Crippen LogP contribution in [0.25, 0.3) is 0 Å². The third-order valence-electron chi connectivity index (χ3n) is 2.62. The highest BCUT2D eigenvalue weighted by Crippen LogP contribution is 2.16. The lowest BCUT2D eigenvalue weighted by molar-refractivity contribution is 0.478. The Bertz CT molecular complexity index is 409. The first-order valence-electron chi connectivity index (χ1n) is 6.40. The van der Waals surface area contributed by atoms with Crippen LogP contribution in [-0.4, -0.2) is 43.0 Å². The Labute approximate surface area is 125 Å². The molecule has 0 saturated heterocycles. The van der Waals surface area contributed by atoms with Gasteiger partial charge in [-0.15, -0.1) is 0 Å². The molecule has 0 fully saturated rings. The maximum absolute atomic E-state index is 6.19. The Balaban J connectivity index is 2.68. The van der Waals surface area contributed by atoms with E-state index >= 15 is 0 Å². The van der Waals surface area contributed by atoms with Crippen LogP contribution >= 0.6 is 23.4 Å². The first-order chi connectivity index (χ1) is 9.19. The van der Waals surface area contributed by atoms with Crippen LogP contribution in [-0.2, 0) is 6.54 Å². The van der Waals surface area contributed by atoms with E-state index in [0.29, 0.717) is 0 Å². The third kappa shape index (κ3) is 5.74. The van der Waals surface area contributed by atoms with E-state index in [9.17, 15) is 0 Å². The van der Waals surface area contributed by atoms with Crippen molar-refractivity contribution in [2.75, 3.05) is 32.1 Å². The van der Waals surface area contributed by atoms with Crippen LogP contribution in [0.2, 0.25) is 5.02 Å². The summed E-state index contributed by atoms with van der Waals surface area (Å²) in [5.74, 6) is 1.96. The van der Waals surface area contributed by atoms with Gasteiger partial charge in [-0.05, 0) is 24.8 Å². The average Bonchev–Trinajstić information content (AvgIpc) is 2.40. The molecular formula is C14H22ClN3S. The summed E-state index contributed by atoms with van der Waals surface area (Å²) in [7, 11) is 2.03. The minimum absolute atomic E-state index is 0.755. The first-order valence-corrected chi connectivity index (χ1v) is 8.18. The Hall–Kier alpha value is -0.870. The molecule has 5 heteroatoms. The summed E-state index contributed by atoms with van der Waals surface area (Å²) in [6, 6.07) is 7.92. The van der Waals surface area contributed by atoms with Crippen molar-refractivity contribution < 1.29 is 0 Å². The van der Waals surface area contributed by atoms with Crippen molar-refractivity contribution >= 4 is 29.3 Å². The summed E-state index contributed by atoms with van der Waals surface area (Å²) in [4.78, 5) is 6.70. The second-order valence-electron chi connectivity index (χ2n) is 4.18. The zero-order valence-corrected chi connectivity index (χ0v) is 13.4. The number of benzene rings is 1. The van der Waals surface area contributed by atoms with Gasteiger partial charge in [-0.2, -0.15) is 11.8 Å². The van der Waals surface area contributed by atoms with Crippen LogP contribution in [0.1, 0.15) is 12.5 Å². The molecule has 0 aliphatic heterocycles. The Morgan fingerprint density at radius 1 is 1.42 bits per heavy atom. The fourth-order valence-corrected chi connectivity index (χ4v) is 2.14. The molecule has 0 unspecified atom stereocenters. The lowest BCUT2D eigenvalue weighted by Crippen LogP contribution is -2.38. The fraction of sp³-hybridized carbons (Fsp3) is 0.500. The molecule has 0 aliphatic carbocycles. The molecule has 3 nitrogen and oxygen atoms in total. The molecule has 106 valence electrons. The summed E-state index contributed by atoms with van der Waals surface area (Å²) in [5, 5.41) is 4.10. The summed E-state index contributed by atoms with van der Waals surface area (Å²) < 4.78 is 0. The van der Waals surface area contributed by atoms with E-state index in [1.165, 1.54) is 0 Å². The summed E-state index contributed by atoms with van der Waals surface area (Å²) in [6.07, 6.45) is 2.09. The predicted molar refractivity (Wildman–Crippen MR) is 87.3 cm³/mol. The molecule has 0 aromatic heterocycles. The van der Waals surface area contributed by atoms with Gasteiger partial charge in [0, 0.05) is 30.9 Å². The number of nitrogens with one attached hydrogen (secondary N) is 1. The minimum Gasteiger partial charge on any atom is -0.357 e. The molecule has 1 N–H and O–H groups in total. The van der Waals surface area contributed by atoms with Crippen molar-refractivity contribution in [3.63, 3.8) is 0 Å². The zero-order valence-electron chi connectivity index (χ0n) is 11.8. The quantitative estimate of drug-likeness (QED) is 0.497. The molecule has 19 heavy (non-hydrogen) atoms. The van der Waals surface area contributed by atoms with Gasteiger partial charge in [0.05, 0.1) is 6.54 Å². The SMILES string of the molecule is CCNC(=NCCSC)N(C)Cc1ccccc1Cl. The van der Waals surface area contributed by atoms with Crippen LogP contribution in [0.4, 0.5) is 0 Å². The van der Waals surface area contributed by atoms with E-state index in [2.05, 4.69) is 28.4 Å². The molecule has 0 bridgehead atoms. The van der Waals surface area contributed by atoms with Gasteiger partial charge >= 0.3 is 0 Å². The van der Waals surface area contributed by atoms with E-state index in [1.807, 2.05) is 31.3 Å². The third-order valence-corrected chi connectivity index (χ3v) is 3.58.